The summed E-state index contributed by atoms with van der Waals surface area (Å²) in [6.45, 7) is 6.50. The maximum Gasteiger partial charge on any atom is 0.136 e. The van der Waals surface area contributed by atoms with E-state index in [0.717, 1.165) is 24.1 Å². The molecule has 0 saturated heterocycles. The second-order valence-corrected chi connectivity index (χ2v) is 12.2. The minimum atomic E-state index is 0.164. The lowest BCUT2D eigenvalue weighted by molar-refractivity contribution is 0.538. The lowest BCUT2D eigenvalue weighted by Gasteiger charge is -2.14. The van der Waals surface area contributed by atoms with E-state index >= 15 is 0 Å². The van der Waals surface area contributed by atoms with E-state index in [0.29, 0.717) is 5.22 Å². The lowest BCUT2D eigenvalue weighted by Crippen LogP contribution is -2.33. The highest BCUT2D eigenvalue weighted by molar-refractivity contribution is 5.72. The molecule has 0 spiro atoms. The van der Waals surface area contributed by atoms with Gasteiger partial charge in [-0.15, -0.1) is 0 Å². The van der Waals surface area contributed by atoms with Crippen LogP contribution in [0.15, 0.2) is 24.3 Å². The van der Waals surface area contributed by atoms with Crippen LogP contribution in [0.3, 0.4) is 0 Å². The van der Waals surface area contributed by atoms with Crippen molar-refractivity contribution in [3.63, 3.8) is 0 Å². The van der Waals surface area contributed by atoms with Crippen LogP contribution in [0.2, 0.25) is 0 Å². The predicted molar refractivity (Wildman–Crippen MR) is 182 cm³/mol. The molecule has 0 atom stereocenters. The van der Waals surface area contributed by atoms with Gasteiger partial charge < -0.3 is 10.6 Å². The molecule has 0 heterocycles. The van der Waals surface area contributed by atoms with Gasteiger partial charge in [0.05, 0.1) is 0 Å². The maximum absolute atomic E-state index is 9.19. The van der Waals surface area contributed by atoms with Crippen molar-refractivity contribution in [3.05, 3.63) is 34.7 Å². The van der Waals surface area contributed by atoms with Crippen LogP contribution < -0.4 is 21.1 Å². The quantitative estimate of drug-likeness (QED) is 0.0974. The van der Waals surface area contributed by atoms with Gasteiger partial charge in [0.25, 0.3) is 0 Å². The summed E-state index contributed by atoms with van der Waals surface area (Å²) in [4.78, 5) is 0. The number of nitrogens with one attached hydrogen (secondary N) is 2. The minimum absolute atomic E-state index is 0.164. The smallest absolute Gasteiger partial charge is 0.136 e. The summed E-state index contributed by atoms with van der Waals surface area (Å²) in [6, 6.07) is 11.8. The Bertz CT molecular complexity index is 897. The molecule has 0 unspecified atom stereocenters. The first-order valence-electron chi connectivity index (χ1n) is 17.9. The molecule has 4 heteroatoms. The predicted octanol–water partition coefficient (Wildman–Crippen LogP) is 9.53. The van der Waals surface area contributed by atoms with Crippen LogP contribution in [0, 0.1) is 22.7 Å². The van der Waals surface area contributed by atoms with Gasteiger partial charge in [-0.2, -0.15) is 10.5 Å². The normalized spacial score (nSPS) is 10.7. The van der Waals surface area contributed by atoms with Crippen LogP contribution in [-0.2, 0) is 0 Å². The first-order chi connectivity index (χ1) is 20.8. The van der Waals surface area contributed by atoms with E-state index in [1.165, 1.54) is 154 Å². The second-order valence-electron chi connectivity index (χ2n) is 12.2. The molecule has 0 fully saturated rings. The van der Waals surface area contributed by atoms with Crippen molar-refractivity contribution in [3.8, 4) is 12.1 Å². The number of rotatable bonds is 28. The summed E-state index contributed by atoms with van der Waals surface area (Å²) >= 11 is 0. The molecule has 1 aromatic rings. The van der Waals surface area contributed by atoms with Crippen LogP contribution in [0.1, 0.15) is 168 Å². The molecule has 42 heavy (non-hydrogen) atoms. The van der Waals surface area contributed by atoms with Crippen molar-refractivity contribution in [2.45, 2.75) is 168 Å². The van der Waals surface area contributed by atoms with Crippen LogP contribution in [0.25, 0.3) is 11.4 Å². The molecule has 0 bridgehead atoms. The van der Waals surface area contributed by atoms with E-state index in [9.17, 15) is 10.5 Å². The lowest BCUT2D eigenvalue weighted by atomic mass is 10.1. The zero-order valence-corrected chi connectivity index (χ0v) is 27.6. The highest BCUT2D eigenvalue weighted by atomic mass is 15.1. The van der Waals surface area contributed by atoms with E-state index in [2.05, 4.69) is 24.5 Å². The summed E-state index contributed by atoms with van der Waals surface area (Å²) in [5.74, 6) is 1.07. The third kappa shape index (κ3) is 20.4. The minimum Gasteiger partial charge on any atom is -0.371 e. The van der Waals surface area contributed by atoms with Crippen LogP contribution >= 0.6 is 0 Å². The first-order valence-corrected chi connectivity index (χ1v) is 17.9. The molecule has 0 amide bonds. The average molecular weight is 577 g/mol. The zero-order valence-electron chi connectivity index (χ0n) is 27.6. The molecule has 236 valence electrons. The van der Waals surface area contributed by atoms with E-state index in [1.54, 1.807) is 0 Å². The van der Waals surface area contributed by atoms with Crippen molar-refractivity contribution in [1.82, 2.24) is 10.6 Å². The molecular weight excluding hydrogens is 512 g/mol. The van der Waals surface area contributed by atoms with Crippen molar-refractivity contribution in [2.24, 2.45) is 0 Å². The third-order valence-corrected chi connectivity index (χ3v) is 8.35. The fourth-order valence-corrected chi connectivity index (χ4v) is 5.58. The fraction of sp³-hybridized carbons (Fsp3) is 0.737. The number of benzene rings is 1. The Hall–Kier alpha value is -2.46. The third-order valence-electron chi connectivity index (χ3n) is 8.35. The highest BCUT2D eigenvalue weighted by Crippen LogP contribution is 2.13. The Balaban J connectivity index is 2.36. The number of unbranched alkanes of at least 4 members (excludes halogenated alkanes) is 22. The van der Waals surface area contributed by atoms with Crippen LogP contribution in [0.5, 0.6) is 0 Å². The number of hydrogen-bond donors (Lipinski definition) is 2. The molecule has 0 aliphatic rings. The molecular formula is C38H64N4. The van der Waals surface area contributed by atoms with Gasteiger partial charge in [0.15, 0.2) is 0 Å². The summed E-state index contributed by atoms with van der Waals surface area (Å²) in [5, 5.41) is 27.5. The topological polar surface area (TPSA) is 71.6 Å². The van der Waals surface area contributed by atoms with Gasteiger partial charge >= 0.3 is 0 Å². The molecule has 4 nitrogen and oxygen atoms in total. The molecule has 0 radical (unpaired) electrons. The fourth-order valence-electron chi connectivity index (χ4n) is 5.58. The molecule has 1 aromatic carbocycles. The van der Waals surface area contributed by atoms with E-state index in [1.807, 2.05) is 36.4 Å². The van der Waals surface area contributed by atoms with Gasteiger partial charge in [-0.05, 0) is 12.8 Å². The summed E-state index contributed by atoms with van der Waals surface area (Å²) in [5.41, 5.74) is 0.164. The Morgan fingerprint density at radius 2 is 0.738 bits per heavy atom. The molecule has 0 aliphatic heterocycles. The molecule has 1 rings (SSSR count). The number of nitrogens with zero attached hydrogens (tertiary/aromatic N) is 2. The monoisotopic (exact) mass is 577 g/mol. The Morgan fingerprint density at radius 1 is 0.452 bits per heavy atom. The summed E-state index contributed by atoms with van der Waals surface area (Å²) < 4.78 is 0. The van der Waals surface area contributed by atoms with Crippen LogP contribution in [0.4, 0.5) is 0 Å². The Morgan fingerprint density at radius 3 is 1.05 bits per heavy atom. The highest BCUT2D eigenvalue weighted by Gasteiger charge is 2.01. The van der Waals surface area contributed by atoms with Gasteiger partial charge in [-0.3, -0.25) is 0 Å². The van der Waals surface area contributed by atoms with Crippen molar-refractivity contribution >= 4 is 11.4 Å². The maximum atomic E-state index is 9.19. The largest absolute Gasteiger partial charge is 0.371 e. The van der Waals surface area contributed by atoms with Gasteiger partial charge in [-0.1, -0.05) is 179 Å². The van der Waals surface area contributed by atoms with Crippen molar-refractivity contribution in [2.75, 3.05) is 13.1 Å². The van der Waals surface area contributed by atoms with Gasteiger partial charge in [0.2, 0.25) is 0 Å². The molecule has 0 aromatic heterocycles. The van der Waals surface area contributed by atoms with Gasteiger partial charge in [-0.25, -0.2) is 0 Å². The summed E-state index contributed by atoms with van der Waals surface area (Å²) in [6.07, 6.45) is 32.7. The van der Waals surface area contributed by atoms with Crippen molar-refractivity contribution < 1.29 is 0 Å². The Labute approximate surface area is 260 Å². The van der Waals surface area contributed by atoms with E-state index in [-0.39, 0.29) is 5.57 Å². The van der Waals surface area contributed by atoms with Gasteiger partial charge in [0.1, 0.15) is 23.5 Å². The standard InChI is InChI=1S/C38H64N4/c1-3-5-7-9-11-13-15-17-19-21-23-25-31-41-38(36-29-27-35(28-30-36)37(33-39)34-40)42-32-26-24-22-20-18-16-14-12-10-8-6-4-2/h27-30,41-42H,3-26,31-32H2,1-2H3. The average Bonchev–Trinajstić information content (AvgIpc) is 3.01. The molecule has 2 N–H and O–H groups in total. The van der Waals surface area contributed by atoms with Gasteiger partial charge in [0, 0.05) is 23.5 Å². The van der Waals surface area contributed by atoms with E-state index in [4.69, 9.17) is 0 Å². The first kappa shape index (κ1) is 37.6. The number of hydrogen-bond acceptors (Lipinski definition) is 4. The second kappa shape index (κ2) is 28.6. The van der Waals surface area contributed by atoms with Crippen molar-refractivity contribution in [1.29, 1.82) is 10.5 Å². The SMILES string of the molecule is CCCCCCCCCCCCCCNC(NCCCCCCCCCCCCCC)=c1ccc(=C(C#N)C#N)cc1. The Kier molecular flexibility index (Phi) is 25.6. The number of nitriles is 2. The zero-order chi connectivity index (χ0) is 30.4. The molecule has 0 aliphatic carbocycles. The van der Waals surface area contributed by atoms with Crippen LogP contribution in [-0.4, -0.2) is 13.1 Å². The summed E-state index contributed by atoms with van der Waals surface area (Å²) in [7, 11) is 0. The molecule has 0 saturated carbocycles. The van der Waals surface area contributed by atoms with E-state index < -0.39 is 0 Å².